The Morgan fingerprint density at radius 3 is 2.22 bits per heavy atom. The van der Waals surface area contributed by atoms with Gasteiger partial charge in [-0.2, -0.15) is 0 Å². The molecule has 0 radical (unpaired) electrons. The van der Waals surface area contributed by atoms with Crippen LogP contribution in [0.15, 0.2) is 34.1 Å². The molecular weight excluding hydrogens is 362 g/mol. The van der Waals surface area contributed by atoms with Gasteiger partial charge in [-0.25, -0.2) is 26.3 Å². The van der Waals surface area contributed by atoms with Crippen LogP contribution in [0.3, 0.4) is 0 Å². The highest BCUT2D eigenvalue weighted by Gasteiger charge is 2.28. The molecule has 0 amide bonds. The normalized spacial score (nSPS) is 16.6. The molecule has 3 N–H and O–H groups in total. The van der Waals surface area contributed by atoms with Crippen molar-refractivity contribution >= 4 is 32.5 Å². The van der Waals surface area contributed by atoms with E-state index in [1.807, 2.05) is 6.92 Å². The Morgan fingerprint density at radius 1 is 1.13 bits per heavy atom. The molecule has 0 aromatic heterocycles. The van der Waals surface area contributed by atoms with Crippen molar-refractivity contribution in [3.8, 4) is 0 Å². The lowest BCUT2D eigenvalue weighted by Crippen LogP contribution is -2.37. The van der Waals surface area contributed by atoms with E-state index < -0.39 is 20.0 Å². The largest absolute Gasteiger partial charge is 0.316 e. The van der Waals surface area contributed by atoms with Crippen LogP contribution in [0.4, 0.5) is 0 Å². The van der Waals surface area contributed by atoms with Crippen LogP contribution in [0.2, 0.25) is 0 Å². The number of sulfonamides is 2. The predicted octanol–water partition coefficient (Wildman–Crippen LogP) is 0.435. The maximum Gasteiger partial charge on any atom is 0.240 e. The first kappa shape index (κ1) is 20.3. The Morgan fingerprint density at radius 2 is 1.70 bits per heavy atom. The molecule has 1 saturated carbocycles. The van der Waals surface area contributed by atoms with E-state index >= 15 is 0 Å². The average Bonchev–Trinajstić information content (AvgIpc) is 3.28. The maximum atomic E-state index is 12.2. The second-order valence-corrected chi connectivity index (χ2v) is 8.89. The second kappa shape index (κ2) is 7.91. The highest BCUT2D eigenvalue weighted by Crippen LogP contribution is 2.23. The van der Waals surface area contributed by atoms with Crippen molar-refractivity contribution in [1.82, 2.24) is 14.8 Å². The maximum absolute atomic E-state index is 12.2. The molecule has 1 atom stereocenters. The summed E-state index contributed by atoms with van der Waals surface area (Å²) in [4.78, 5) is -0.0987. The van der Waals surface area contributed by atoms with Crippen molar-refractivity contribution in [2.45, 2.75) is 41.6 Å². The van der Waals surface area contributed by atoms with E-state index in [1.165, 1.54) is 24.3 Å². The lowest BCUT2D eigenvalue weighted by atomic mass is 10.4. The smallest absolute Gasteiger partial charge is 0.240 e. The lowest BCUT2D eigenvalue weighted by molar-refractivity contribution is 0.554. The first-order valence-corrected chi connectivity index (χ1v) is 10.0. The van der Waals surface area contributed by atoms with E-state index in [0.717, 1.165) is 12.8 Å². The van der Waals surface area contributed by atoms with Gasteiger partial charge in [0.1, 0.15) is 0 Å². The molecule has 0 spiro atoms. The number of likely N-dealkylation sites (N-methyl/N-ethyl adjacent to an activating group) is 1. The van der Waals surface area contributed by atoms with E-state index in [9.17, 15) is 16.8 Å². The molecular formula is C13H22ClN3O4S2. The zero-order chi connectivity index (χ0) is 16.4. The topological polar surface area (TPSA) is 104 Å². The van der Waals surface area contributed by atoms with Crippen molar-refractivity contribution in [2.75, 3.05) is 13.6 Å². The Hall–Kier alpha value is -0.710. The van der Waals surface area contributed by atoms with Gasteiger partial charge in [-0.15, -0.1) is 12.4 Å². The van der Waals surface area contributed by atoms with Gasteiger partial charge in [0.15, 0.2) is 0 Å². The van der Waals surface area contributed by atoms with Crippen LogP contribution in [-0.2, 0) is 20.0 Å². The van der Waals surface area contributed by atoms with Crippen LogP contribution in [0.5, 0.6) is 0 Å². The summed E-state index contributed by atoms with van der Waals surface area (Å²) >= 11 is 0. The Kier molecular flexibility index (Phi) is 6.99. The van der Waals surface area contributed by atoms with Crippen LogP contribution in [0.25, 0.3) is 0 Å². The number of nitrogens with one attached hydrogen (secondary N) is 3. The van der Waals surface area contributed by atoms with Crippen LogP contribution < -0.4 is 14.8 Å². The van der Waals surface area contributed by atoms with E-state index in [0.29, 0.717) is 0 Å². The fourth-order valence-electron chi connectivity index (χ4n) is 1.72. The fourth-order valence-corrected chi connectivity index (χ4v) is 4.32. The van der Waals surface area contributed by atoms with E-state index in [4.69, 9.17) is 0 Å². The highest BCUT2D eigenvalue weighted by molar-refractivity contribution is 7.90. The molecule has 1 aromatic rings. The number of rotatable bonds is 8. The Bertz CT molecular complexity index is 733. The Labute approximate surface area is 143 Å². The van der Waals surface area contributed by atoms with Crippen molar-refractivity contribution in [3.05, 3.63) is 24.3 Å². The minimum atomic E-state index is -3.74. The summed E-state index contributed by atoms with van der Waals surface area (Å²) in [7, 11) is -5.68. The summed E-state index contributed by atoms with van der Waals surface area (Å²) in [5.41, 5.74) is 0. The fraction of sp³-hybridized carbons (Fsp3) is 0.538. The van der Waals surface area contributed by atoms with Crippen molar-refractivity contribution < 1.29 is 16.8 Å². The van der Waals surface area contributed by atoms with Crippen LogP contribution in [-0.4, -0.2) is 42.5 Å². The third-order valence-electron chi connectivity index (χ3n) is 3.40. The van der Waals surface area contributed by atoms with Gasteiger partial charge in [0, 0.05) is 18.6 Å². The van der Waals surface area contributed by atoms with E-state index in [1.54, 1.807) is 7.05 Å². The highest BCUT2D eigenvalue weighted by atomic mass is 35.5. The molecule has 23 heavy (non-hydrogen) atoms. The zero-order valence-corrected chi connectivity index (χ0v) is 15.4. The summed E-state index contributed by atoms with van der Waals surface area (Å²) in [5.74, 6) is 0. The number of benzene rings is 1. The van der Waals surface area contributed by atoms with Gasteiger partial charge in [0.05, 0.1) is 9.79 Å². The summed E-state index contributed by atoms with van der Waals surface area (Å²) in [5, 5.41) is 2.92. The monoisotopic (exact) mass is 383 g/mol. The number of halogens is 1. The summed E-state index contributed by atoms with van der Waals surface area (Å²) in [6, 6.07) is 5.31. The van der Waals surface area contributed by atoms with E-state index in [-0.39, 0.29) is 40.8 Å². The standard InChI is InChI=1S/C13H21N3O4S2.ClH/c1-10(14-2)9-15-21(17,18)12-4-3-5-13(8-12)22(19,20)16-11-6-7-11;/h3-5,8,10-11,14-16H,6-7,9H2,1-2H3;1H. The molecule has 0 heterocycles. The number of hydrogen-bond acceptors (Lipinski definition) is 5. The van der Waals surface area contributed by atoms with Gasteiger partial charge in [0.2, 0.25) is 20.0 Å². The Balaban J connectivity index is 0.00000264. The molecule has 0 saturated heterocycles. The third kappa shape index (κ3) is 5.70. The first-order valence-electron chi connectivity index (χ1n) is 7.04. The molecule has 0 bridgehead atoms. The van der Waals surface area contributed by atoms with Crippen LogP contribution in [0, 0.1) is 0 Å². The summed E-state index contributed by atoms with van der Waals surface area (Å²) in [6.45, 7) is 2.05. The SMILES string of the molecule is CNC(C)CNS(=O)(=O)c1cccc(S(=O)(=O)NC2CC2)c1.Cl. The molecule has 10 heteroatoms. The van der Waals surface area contributed by atoms with Crippen molar-refractivity contribution in [3.63, 3.8) is 0 Å². The molecule has 132 valence electrons. The summed E-state index contributed by atoms with van der Waals surface area (Å²) < 4.78 is 53.7. The number of hydrogen-bond donors (Lipinski definition) is 3. The molecule has 1 unspecified atom stereocenters. The van der Waals surface area contributed by atoms with Gasteiger partial charge in [0.25, 0.3) is 0 Å². The quantitative estimate of drug-likeness (QED) is 0.604. The zero-order valence-electron chi connectivity index (χ0n) is 12.9. The van der Waals surface area contributed by atoms with Gasteiger partial charge >= 0.3 is 0 Å². The molecule has 7 nitrogen and oxygen atoms in total. The lowest BCUT2D eigenvalue weighted by Gasteiger charge is -2.13. The summed E-state index contributed by atoms with van der Waals surface area (Å²) in [6.07, 6.45) is 1.64. The van der Waals surface area contributed by atoms with Crippen molar-refractivity contribution in [1.29, 1.82) is 0 Å². The minimum Gasteiger partial charge on any atom is -0.316 e. The third-order valence-corrected chi connectivity index (χ3v) is 6.34. The van der Waals surface area contributed by atoms with Gasteiger partial charge < -0.3 is 5.32 Å². The van der Waals surface area contributed by atoms with Crippen LogP contribution >= 0.6 is 12.4 Å². The van der Waals surface area contributed by atoms with Gasteiger partial charge in [-0.1, -0.05) is 6.07 Å². The average molecular weight is 384 g/mol. The minimum absolute atomic E-state index is 0. The van der Waals surface area contributed by atoms with Crippen LogP contribution in [0.1, 0.15) is 19.8 Å². The molecule has 1 aliphatic rings. The molecule has 2 rings (SSSR count). The van der Waals surface area contributed by atoms with E-state index in [2.05, 4.69) is 14.8 Å². The van der Waals surface area contributed by atoms with Gasteiger partial charge in [-0.3, -0.25) is 0 Å². The second-order valence-electron chi connectivity index (χ2n) is 5.41. The first-order chi connectivity index (χ1) is 10.2. The predicted molar refractivity (Wildman–Crippen MR) is 90.7 cm³/mol. The molecule has 1 fully saturated rings. The molecule has 1 aliphatic carbocycles. The molecule has 1 aromatic carbocycles. The van der Waals surface area contributed by atoms with Crippen molar-refractivity contribution in [2.24, 2.45) is 0 Å². The van der Waals surface area contributed by atoms with Gasteiger partial charge in [-0.05, 0) is 45.0 Å². The molecule has 0 aliphatic heterocycles.